The average Bonchev–Trinajstić information content (AvgIpc) is 2.83. The van der Waals surface area contributed by atoms with Gasteiger partial charge in [0.25, 0.3) is 5.91 Å². The third kappa shape index (κ3) is 4.47. The number of hydrogen-bond donors (Lipinski definition) is 1. The fourth-order valence-corrected chi connectivity index (χ4v) is 3.85. The zero-order valence-corrected chi connectivity index (χ0v) is 13.0. The molecule has 1 aliphatic rings. The molecule has 1 aromatic carbocycles. The van der Waals surface area contributed by atoms with Crippen molar-refractivity contribution in [2.75, 3.05) is 16.8 Å². The summed E-state index contributed by atoms with van der Waals surface area (Å²) in [5.74, 6) is -4.82. The topological polar surface area (TPSA) is 89.5 Å². The summed E-state index contributed by atoms with van der Waals surface area (Å²) in [5.41, 5.74) is 0.0141. The monoisotopic (exact) mass is 347 g/mol. The number of anilines is 1. The van der Waals surface area contributed by atoms with E-state index in [1.54, 1.807) is 0 Å². The maximum Gasteiger partial charge on any atom is 0.310 e. The number of nitrogens with one attached hydrogen (secondary N) is 1. The van der Waals surface area contributed by atoms with Crippen molar-refractivity contribution in [2.24, 2.45) is 5.92 Å². The standard InChI is InChI=1S/C14H15F2NO5S/c1-8(22-14(19)9-4-5-23(20,21)7-9)13(18)17-10-2-3-11(15)12(16)6-10/h2-3,6,8-9H,4-5,7H2,1H3,(H,17,18)/t8-,9-/m1/s1. The van der Waals surface area contributed by atoms with E-state index >= 15 is 0 Å². The van der Waals surface area contributed by atoms with Crippen molar-refractivity contribution in [1.82, 2.24) is 0 Å². The molecule has 0 aliphatic carbocycles. The molecule has 1 heterocycles. The predicted octanol–water partition coefficient (Wildman–Crippen LogP) is 1.27. The number of esters is 1. The van der Waals surface area contributed by atoms with Crippen molar-refractivity contribution < 1.29 is 31.5 Å². The third-order valence-corrected chi connectivity index (χ3v) is 5.18. The summed E-state index contributed by atoms with van der Waals surface area (Å²) in [6.07, 6.45) is -1.03. The Kier molecular flexibility index (Phi) is 4.98. The highest BCUT2D eigenvalue weighted by molar-refractivity contribution is 7.91. The van der Waals surface area contributed by atoms with Gasteiger partial charge in [-0.25, -0.2) is 17.2 Å². The van der Waals surface area contributed by atoms with E-state index in [0.717, 1.165) is 18.2 Å². The molecular formula is C14H15F2NO5S. The number of carbonyl (C=O) groups excluding carboxylic acids is 2. The van der Waals surface area contributed by atoms with Gasteiger partial charge < -0.3 is 10.1 Å². The second kappa shape index (κ2) is 6.61. The van der Waals surface area contributed by atoms with E-state index in [0.29, 0.717) is 0 Å². The van der Waals surface area contributed by atoms with E-state index in [2.05, 4.69) is 5.32 Å². The molecule has 0 bridgehead atoms. The maximum atomic E-state index is 13.0. The van der Waals surface area contributed by atoms with Crippen molar-refractivity contribution in [1.29, 1.82) is 0 Å². The van der Waals surface area contributed by atoms with Crippen LogP contribution in [0.3, 0.4) is 0 Å². The minimum Gasteiger partial charge on any atom is -0.452 e. The largest absolute Gasteiger partial charge is 0.452 e. The molecule has 1 saturated heterocycles. The first-order valence-corrected chi connectivity index (χ1v) is 8.67. The number of hydrogen-bond acceptors (Lipinski definition) is 5. The number of benzene rings is 1. The van der Waals surface area contributed by atoms with Gasteiger partial charge in [-0.15, -0.1) is 0 Å². The molecule has 2 rings (SSSR count). The second-order valence-electron chi connectivity index (χ2n) is 5.30. The van der Waals surface area contributed by atoms with Crippen molar-refractivity contribution in [2.45, 2.75) is 19.4 Å². The van der Waals surface area contributed by atoms with Crippen LogP contribution in [-0.2, 0) is 24.2 Å². The van der Waals surface area contributed by atoms with Crippen LogP contribution in [0.15, 0.2) is 18.2 Å². The number of rotatable bonds is 4. The van der Waals surface area contributed by atoms with Crippen molar-refractivity contribution in [3.8, 4) is 0 Å². The minimum atomic E-state index is -3.23. The van der Waals surface area contributed by atoms with E-state index in [1.165, 1.54) is 6.92 Å². The molecule has 1 N–H and O–H groups in total. The van der Waals surface area contributed by atoms with Crippen LogP contribution in [0.5, 0.6) is 0 Å². The molecule has 1 amide bonds. The SMILES string of the molecule is C[C@@H](OC(=O)[C@@H]1CCS(=O)(=O)C1)C(=O)Nc1ccc(F)c(F)c1. The first kappa shape index (κ1) is 17.3. The van der Waals surface area contributed by atoms with Gasteiger partial charge in [-0.3, -0.25) is 9.59 Å². The molecule has 0 radical (unpaired) electrons. The highest BCUT2D eigenvalue weighted by Crippen LogP contribution is 2.20. The van der Waals surface area contributed by atoms with Gasteiger partial charge in [0.05, 0.1) is 17.4 Å². The Balaban J connectivity index is 1.92. The minimum absolute atomic E-state index is 0.0141. The Hall–Kier alpha value is -2.03. The molecule has 0 unspecified atom stereocenters. The van der Waals surface area contributed by atoms with Crippen LogP contribution in [0.2, 0.25) is 0 Å². The molecule has 0 spiro atoms. The summed E-state index contributed by atoms with van der Waals surface area (Å²) in [6, 6.07) is 2.81. The van der Waals surface area contributed by atoms with Gasteiger partial charge in [0.15, 0.2) is 27.6 Å². The quantitative estimate of drug-likeness (QED) is 0.829. The second-order valence-corrected chi connectivity index (χ2v) is 7.53. The highest BCUT2D eigenvalue weighted by atomic mass is 32.2. The molecule has 6 nitrogen and oxygen atoms in total. The molecule has 1 aliphatic heterocycles. The molecule has 1 fully saturated rings. The van der Waals surface area contributed by atoms with Crippen LogP contribution in [0, 0.1) is 17.6 Å². The lowest BCUT2D eigenvalue weighted by Gasteiger charge is -2.15. The Morgan fingerprint density at radius 2 is 2.00 bits per heavy atom. The normalized spacial score (nSPS) is 20.7. The van der Waals surface area contributed by atoms with Crippen LogP contribution < -0.4 is 5.32 Å². The van der Waals surface area contributed by atoms with Gasteiger partial charge in [0.2, 0.25) is 0 Å². The Morgan fingerprint density at radius 1 is 1.30 bits per heavy atom. The fourth-order valence-electron chi connectivity index (χ4n) is 2.12. The summed E-state index contributed by atoms with van der Waals surface area (Å²) in [4.78, 5) is 23.7. The first-order valence-electron chi connectivity index (χ1n) is 6.85. The van der Waals surface area contributed by atoms with Gasteiger partial charge in [0, 0.05) is 11.8 Å². The highest BCUT2D eigenvalue weighted by Gasteiger charge is 2.35. The Labute approximate surface area is 131 Å². The van der Waals surface area contributed by atoms with E-state index in [9.17, 15) is 26.8 Å². The van der Waals surface area contributed by atoms with Gasteiger partial charge in [-0.2, -0.15) is 0 Å². The number of amides is 1. The van der Waals surface area contributed by atoms with Gasteiger partial charge >= 0.3 is 5.97 Å². The molecule has 9 heteroatoms. The van der Waals surface area contributed by atoms with E-state index in [4.69, 9.17) is 4.74 Å². The van der Waals surface area contributed by atoms with Crippen molar-refractivity contribution in [3.63, 3.8) is 0 Å². The number of halogens is 2. The van der Waals surface area contributed by atoms with E-state index in [-0.39, 0.29) is 23.6 Å². The maximum absolute atomic E-state index is 13.0. The average molecular weight is 347 g/mol. The van der Waals surface area contributed by atoms with Gasteiger partial charge in [-0.05, 0) is 25.5 Å². The molecular weight excluding hydrogens is 332 g/mol. The van der Waals surface area contributed by atoms with Crippen LogP contribution in [-0.4, -0.2) is 37.9 Å². The zero-order chi connectivity index (χ0) is 17.2. The van der Waals surface area contributed by atoms with Gasteiger partial charge in [-0.1, -0.05) is 0 Å². The summed E-state index contributed by atoms with van der Waals surface area (Å²) in [6.45, 7) is 1.30. The fraction of sp³-hybridized carbons (Fsp3) is 0.429. The molecule has 2 atom stereocenters. The molecule has 126 valence electrons. The lowest BCUT2D eigenvalue weighted by Crippen LogP contribution is -2.32. The van der Waals surface area contributed by atoms with Crippen molar-refractivity contribution in [3.05, 3.63) is 29.8 Å². The lowest BCUT2D eigenvalue weighted by atomic mass is 10.1. The molecule has 0 aromatic heterocycles. The third-order valence-electron chi connectivity index (χ3n) is 3.42. The number of ether oxygens (including phenoxy) is 1. The van der Waals surface area contributed by atoms with Gasteiger partial charge in [0.1, 0.15) is 0 Å². The zero-order valence-electron chi connectivity index (χ0n) is 12.2. The van der Waals surface area contributed by atoms with Crippen molar-refractivity contribution >= 4 is 27.4 Å². The van der Waals surface area contributed by atoms with E-state index < -0.39 is 45.4 Å². The summed E-state index contributed by atoms with van der Waals surface area (Å²) in [7, 11) is -3.23. The Morgan fingerprint density at radius 3 is 2.57 bits per heavy atom. The van der Waals surface area contributed by atoms with Crippen LogP contribution >= 0.6 is 0 Å². The molecule has 1 aromatic rings. The summed E-state index contributed by atoms with van der Waals surface area (Å²) < 4.78 is 53.4. The smallest absolute Gasteiger partial charge is 0.310 e. The van der Waals surface area contributed by atoms with E-state index in [1.807, 2.05) is 0 Å². The molecule has 23 heavy (non-hydrogen) atoms. The first-order chi connectivity index (χ1) is 10.7. The Bertz CT molecular complexity index is 735. The predicted molar refractivity (Wildman–Crippen MR) is 77.3 cm³/mol. The molecule has 0 saturated carbocycles. The number of sulfone groups is 1. The van der Waals surface area contributed by atoms with Crippen LogP contribution in [0.4, 0.5) is 14.5 Å². The van der Waals surface area contributed by atoms with Crippen LogP contribution in [0.25, 0.3) is 0 Å². The van der Waals surface area contributed by atoms with Crippen LogP contribution in [0.1, 0.15) is 13.3 Å². The number of carbonyl (C=O) groups is 2. The lowest BCUT2D eigenvalue weighted by molar-refractivity contribution is -0.156. The summed E-state index contributed by atoms with van der Waals surface area (Å²) >= 11 is 0. The summed E-state index contributed by atoms with van der Waals surface area (Å²) in [5, 5.41) is 2.28.